The van der Waals surface area contributed by atoms with Crippen molar-refractivity contribution >= 4 is 5.91 Å². The Kier molecular flexibility index (Phi) is 7.34. The minimum atomic E-state index is -0.405. The second kappa shape index (κ2) is 8.51. The molecule has 1 unspecified atom stereocenters. The van der Waals surface area contributed by atoms with Gasteiger partial charge in [0.25, 0.3) is 0 Å². The van der Waals surface area contributed by atoms with E-state index in [4.69, 9.17) is 5.73 Å². The van der Waals surface area contributed by atoms with Crippen molar-refractivity contribution in [2.45, 2.75) is 51.6 Å². The molecule has 19 heavy (non-hydrogen) atoms. The standard InChI is InChI=1S/C14H29N3O2/c1-11(2)13(15)14(19)16-7-3-4-8-17-9-5-6-12(17)10-18/h11-13,18H,3-10,15H2,1-2H3,(H,16,19)/t12?,13-/m0/s1. The third kappa shape index (κ3) is 5.47. The van der Waals surface area contributed by atoms with Crippen LogP contribution in [0.3, 0.4) is 0 Å². The summed E-state index contributed by atoms with van der Waals surface area (Å²) in [6.07, 6.45) is 4.31. The number of nitrogens with one attached hydrogen (secondary N) is 1. The predicted octanol–water partition coefficient (Wildman–Crippen LogP) is 0.323. The molecule has 0 spiro atoms. The van der Waals surface area contributed by atoms with E-state index in [0.29, 0.717) is 12.6 Å². The summed E-state index contributed by atoms with van der Waals surface area (Å²) >= 11 is 0. The van der Waals surface area contributed by atoms with Crippen LogP contribution in [0.2, 0.25) is 0 Å². The van der Waals surface area contributed by atoms with Crippen LogP contribution in [0.5, 0.6) is 0 Å². The maximum absolute atomic E-state index is 11.6. The maximum Gasteiger partial charge on any atom is 0.237 e. The van der Waals surface area contributed by atoms with Crippen molar-refractivity contribution in [2.24, 2.45) is 11.7 Å². The van der Waals surface area contributed by atoms with Crippen molar-refractivity contribution in [3.8, 4) is 0 Å². The number of unbranched alkanes of at least 4 members (excludes halogenated alkanes) is 1. The van der Waals surface area contributed by atoms with E-state index in [9.17, 15) is 9.90 Å². The number of likely N-dealkylation sites (tertiary alicyclic amines) is 1. The topological polar surface area (TPSA) is 78.6 Å². The average Bonchev–Trinajstić information content (AvgIpc) is 2.84. The molecule has 1 aliphatic rings. The third-order valence-electron chi connectivity index (χ3n) is 3.90. The first-order chi connectivity index (χ1) is 9.06. The molecule has 112 valence electrons. The van der Waals surface area contributed by atoms with Gasteiger partial charge in [-0.05, 0) is 44.7 Å². The molecule has 0 aromatic rings. The van der Waals surface area contributed by atoms with Gasteiger partial charge in [-0.3, -0.25) is 9.69 Å². The highest BCUT2D eigenvalue weighted by Gasteiger charge is 2.22. The van der Waals surface area contributed by atoms with Crippen LogP contribution in [0.1, 0.15) is 39.5 Å². The lowest BCUT2D eigenvalue weighted by Gasteiger charge is -2.22. The predicted molar refractivity (Wildman–Crippen MR) is 76.7 cm³/mol. The third-order valence-corrected chi connectivity index (χ3v) is 3.90. The molecule has 5 nitrogen and oxygen atoms in total. The fourth-order valence-electron chi connectivity index (χ4n) is 2.47. The van der Waals surface area contributed by atoms with E-state index in [1.54, 1.807) is 0 Å². The number of aliphatic hydroxyl groups is 1. The van der Waals surface area contributed by atoms with E-state index in [1.165, 1.54) is 6.42 Å². The van der Waals surface area contributed by atoms with Crippen molar-refractivity contribution in [2.75, 3.05) is 26.2 Å². The lowest BCUT2D eigenvalue weighted by Crippen LogP contribution is -2.44. The lowest BCUT2D eigenvalue weighted by molar-refractivity contribution is -0.123. The largest absolute Gasteiger partial charge is 0.395 e. The highest BCUT2D eigenvalue weighted by molar-refractivity contribution is 5.81. The normalized spacial score (nSPS) is 21.8. The van der Waals surface area contributed by atoms with Gasteiger partial charge in [-0.2, -0.15) is 0 Å². The molecule has 4 N–H and O–H groups in total. The Hall–Kier alpha value is -0.650. The molecule has 1 fully saturated rings. The number of nitrogens with zero attached hydrogens (tertiary/aromatic N) is 1. The SMILES string of the molecule is CC(C)[C@H](N)C(=O)NCCCCN1CCCC1CO. The zero-order valence-corrected chi connectivity index (χ0v) is 12.3. The molecule has 2 atom stereocenters. The zero-order chi connectivity index (χ0) is 14.3. The van der Waals surface area contributed by atoms with Crippen LogP contribution in [0, 0.1) is 5.92 Å². The summed E-state index contributed by atoms with van der Waals surface area (Å²) in [5.74, 6) is 0.124. The van der Waals surface area contributed by atoms with Gasteiger partial charge >= 0.3 is 0 Å². The van der Waals surface area contributed by atoms with Crippen LogP contribution in [-0.4, -0.2) is 54.2 Å². The van der Waals surface area contributed by atoms with Gasteiger partial charge < -0.3 is 16.2 Å². The molecule has 0 aliphatic carbocycles. The number of carbonyl (C=O) groups excluding carboxylic acids is 1. The Morgan fingerprint density at radius 3 is 2.84 bits per heavy atom. The summed E-state index contributed by atoms with van der Waals surface area (Å²) in [5, 5.41) is 12.1. The summed E-state index contributed by atoms with van der Waals surface area (Å²) in [6, 6.07) is -0.0543. The number of nitrogens with two attached hydrogens (primary N) is 1. The molecule has 0 aromatic heterocycles. The monoisotopic (exact) mass is 271 g/mol. The van der Waals surface area contributed by atoms with Crippen LogP contribution in [-0.2, 0) is 4.79 Å². The molecule has 0 saturated carbocycles. The molecule has 0 bridgehead atoms. The van der Waals surface area contributed by atoms with Crippen molar-refractivity contribution in [1.82, 2.24) is 10.2 Å². The minimum absolute atomic E-state index is 0.0515. The fraction of sp³-hybridized carbons (Fsp3) is 0.929. The molecule has 1 amide bonds. The first kappa shape index (κ1) is 16.4. The number of hydrogen-bond acceptors (Lipinski definition) is 4. The van der Waals surface area contributed by atoms with Gasteiger partial charge in [0.15, 0.2) is 0 Å². The molecule has 1 rings (SSSR count). The van der Waals surface area contributed by atoms with Crippen LogP contribution in [0.25, 0.3) is 0 Å². The van der Waals surface area contributed by atoms with Crippen molar-refractivity contribution in [3.63, 3.8) is 0 Å². The van der Waals surface area contributed by atoms with E-state index in [0.717, 1.165) is 32.4 Å². The Labute approximate surface area is 116 Å². The highest BCUT2D eigenvalue weighted by Crippen LogP contribution is 2.16. The Morgan fingerprint density at radius 2 is 2.21 bits per heavy atom. The van der Waals surface area contributed by atoms with Crippen LogP contribution in [0.4, 0.5) is 0 Å². The first-order valence-corrected chi connectivity index (χ1v) is 7.44. The van der Waals surface area contributed by atoms with Gasteiger partial charge in [0, 0.05) is 12.6 Å². The summed E-state index contributed by atoms with van der Waals surface area (Å²) in [7, 11) is 0. The van der Waals surface area contributed by atoms with Gasteiger partial charge in [-0.1, -0.05) is 13.8 Å². The Morgan fingerprint density at radius 1 is 1.47 bits per heavy atom. The molecular formula is C14H29N3O2. The summed E-state index contributed by atoms with van der Waals surface area (Å²) in [4.78, 5) is 14.0. The Balaban J connectivity index is 2.06. The van der Waals surface area contributed by atoms with Crippen molar-refractivity contribution in [1.29, 1.82) is 0 Å². The molecule has 5 heteroatoms. The first-order valence-electron chi connectivity index (χ1n) is 7.44. The van der Waals surface area contributed by atoms with E-state index in [1.807, 2.05) is 13.8 Å². The second-order valence-corrected chi connectivity index (χ2v) is 5.78. The molecule has 1 heterocycles. The molecule has 1 saturated heterocycles. The molecular weight excluding hydrogens is 242 g/mol. The van der Waals surface area contributed by atoms with E-state index in [-0.39, 0.29) is 18.4 Å². The lowest BCUT2D eigenvalue weighted by atomic mass is 10.1. The van der Waals surface area contributed by atoms with Crippen LogP contribution < -0.4 is 11.1 Å². The smallest absolute Gasteiger partial charge is 0.237 e. The number of carbonyl (C=O) groups is 1. The summed E-state index contributed by atoms with van der Waals surface area (Å²) in [5.41, 5.74) is 5.76. The van der Waals surface area contributed by atoms with Gasteiger partial charge in [-0.25, -0.2) is 0 Å². The highest BCUT2D eigenvalue weighted by atomic mass is 16.3. The minimum Gasteiger partial charge on any atom is -0.395 e. The van der Waals surface area contributed by atoms with E-state index < -0.39 is 6.04 Å². The fourth-order valence-corrected chi connectivity index (χ4v) is 2.47. The van der Waals surface area contributed by atoms with Gasteiger partial charge in [0.1, 0.15) is 0 Å². The van der Waals surface area contributed by atoms with Gasteiger partial charge in [0.2, 0.25) is 5.91 Å². The summed E-state index contributed by atoms with van der Waals surface area (Å²) in [6.45, 7) is 6.96. The number of amides is 1. The Bertz CT molecular complexity index is 271. The van der Waals surface area contributed by atoms with E-state index >= 15 is 0 Å². The van der Waals surface area contributed by atoms with Crippen molar-refractivity contribution in [3.05, 3.63) is 0 Å². The quantitative estimate of drug-likeness (QED) is 0.556. The van der Waals surface area contributed by atoms with Gasteiger partial charge in [0.05, 0.1) is 12.6 Å². The summed E-state index contributed by atoms with van der Waals surface area (Å²) < 4.78 is 0. The number of rotatable bonds is 8. The van der Waals surface area contributed by atoms with Crippen molar-refractivity contribution < 1.29 is 9.90 Å². The van der Waals surface area contributed by atoms with E-state index in [2.05, 4.69) is 10.2 Å². The molecule has 0 aromatic carbocycles. The zero-order valence-electron chi connectivity index (χ0n) is 12.3. The van der Waals surface area contributed by atoms with Gasteiger partial charge in [-0.15, -0.1) is 0 Å². The maximum atomic E-state index is 11.6. The second-order valence-electron chi connectivity index (χ2n) is 5.78. The molecule has 1 aliphatic heterocycles. The molecule has 0 radical (unpaired) electrons. The van der Waals surface area contributed by atoms with Crippen LogP contribution >= 0.6 is 0 Å². The average molecular weight is 271 g/mol. The van der Waals surface area contributed by atoms with Crippen LogP contribution in [0.15, 0.2) is 0 Å². The number of aliphatic hydroxyl groups excluding tert-OH is 1. The number of hydrogen-bond donors (Lipinski definition) is 3.